The van der Waals surface area contributed by atoms with E-state index in [4.69, 9.17) is 31.9 Å². The van der Waals surface area contributed by atoms with Gasteiger partial charge in [-0.15, -0.1) is 0 Å². The summed E-state index contributed by atoms with van der Waals surface area (Å²) in [5, 5.41) is 21.9. The largest absolute Gasteiger partial charge is 0.466 e. The number of carbonyl (C=O) groups is 2. The topological polar surface area (TPSA) is 177 Å². The number of ether oxygens (including phenoxy) is 1. The van der Waals surface area contributed by atoms with Crippen LogP contribution in [-0.2, 0) is 19.2 Å². The van der Waals surface area contributed by atoms with E-state index in [0.717, 1.165) is 0 Å². The molecule has 10 heteroatoms. The molecule has 2 aromatic carbocycles. The lowest BCUT2D eigenvalue weighted by Crippen LogP contribution is -2.45. The minimum atomic E-state index is -1.60. The van der Waals surface area contributed by atoms with Gasteiger partial charge in [0.2, 0.25) is 5.60 Å². The Labute approximate surface area is 184 Å². The van der Waals surface area contributed by atoms with Crippen LogP contribution in [0.4, 0.5) is 5.69 Å². The summed E-state index contributed by atoms with van der Waals surface area (Å²) in [6.07, 6.45) is -0.317. The third-order valence-corrected chi connectivity index (χ3v) is 4.89. The number of hydrogen-bond donors (Lipinski definition) is 5. The monoisotopic (exact) mass is 436 g/mol. The van der Waals surface area contributed by atoms with E-state index in [0.29, 0.717) is 28.1 Å². The molecule has 1 unspecified atom stereocenters. The van der Waals surface area contributed by atoms with Gasteiger partial charge in [-0.2, -0.15) is 0 Å². The van der Waals surface area contributed by atoms with Gasteiger partial charge in [0.15, 0.2) is 0 Å². The highest BCUT2D eigenvalue weighted by Crippen LogP contribution is 2.32. The molecule has 3 rings (SSSR count). The fourth-order valence-corrected chi connectivity index (χ4v) is 3.22. The molecule has 0 aliphatic carbocycles. The number of amides is 1. The second-order valence-corrected chi connectivity index (χ2v) is 7.22. The average molecular weight is 436 g/mol. The Bertz CT molecular complexity index is 1100. The highest BCUT2D eigenvalue weighted by atomic mass is 16.7. The van der Waals surface area contributed by atoms with Crippen LogP contribution >= 0.6 is 0 Å². The molecule has 0 bridgehead atoms. The number of nitrogen functional groups attached to an aromatic ring is 2. The van der Waals surface area contributed by atoms with Gasteiger partial charge in [-0.05, 0) is 37.3 Å². The van der Waals surface area contributed by atoms with Crippen molar-refractivity contribution in [3.63, 3.8) is 0 Å². The van der Waals surface area contributed by atoms with E-state index in [9.17, 15) is 9.59 Å². The second-order valence-electron chi connectivity index (χ2n) is 7.22. The van der Waals surface area contributed by atoms with Crippen LogP contribution < -0.4 is 16.8 Å². The van der Waals surface area contributed by atoms with Gasteiger partial charge in [-0.25, -0.2) is 0 Å². The van der Waals surface area contributed by atoms with Crippen LogP contribution in [0.1, 0.15) is 36.5 Å². The second kappa shape index (κ2) is 9.29. The van der Waals surface area contributed by atoms with Crippen molar-refractivity contribution in [2.75, 3.05) is 11.9 Å². The molecule has 1 aliphatic heterocycles. The van der Waals surface area contributed by atoms with E-state index in [1.54, 1.807) is 55.5 Å². The maximum atomic E-state index is 13.2. The van der Waals surface area contributed by atoms with Crippen LogP contribution in [-0.4, -0.2) is 41.5 Å². The van der Waals surface area contributed by atoms with Crippen LogP contribution in [0, 0.1) is 10.8 Å². The summed E-state index contributed by atoms with van der Waals surface area (Å²) in [7, 11) is 0. The predicted molar refractivity (Wildman–Crippen MR) is 120 cm³/mol. The van der Waals surface area contributed by atoms with Crippen molar-refractivity contribution in [3.8, 4) is 0 Å². The van der Waals surface area contributed by atoms with Crippen LogP contribution in [0.25, 0.3) is 0 Å². The minimum Gasteiger partial charge on any atom is -0.466 e. The van der Waals surface area contributed by atoms with Crippen molar-refractivity contribution < 1.29 is 19.2 Å². The van der Waals surface area contributed by atoms with E-state index in [1.165, 1.54) is 0 Å². The molecular weight excluding hydrogens is 412 g/mol. The van der Waals surface area contributed by atoms with E-state index in [1.807, 2.05) is 0 Å². The van der Waals surface area contributed by atoms with Gasteiger partial charge < -0.3 is 26.4 Å². The Balaban J connectivity index is 1.85. The maximum absolute atomic E-state index is 13.2. The Kier molecular flexibility index (Phi) is 6.53. The molecule has 0 saturated carbocycles. The number of benzene rings is 2. The molecule has 0 fully saturated rings. The number of nitrogens with two attached hydrogens (primary N) is 2. The lowest BCUT2D eigenvalue weighted by atomic mass is 9.89. The number of nitrogens with zero attached hydrogens (tertiary/aromatic N) is 1. The van der Waals surface area contributed by atoms with E-state index >= 15 is 0 Å². The quantitative estimate of drug-likeness (QED) is 0.239. The molecule has 1 aliphatic rings. The fraction of sp³-hybridized carbons (Fsp3) is 0.227. The molecule has 10 nitrogen and oxygen atoms in total. The number of carbonyl (C=O) groups excluding carboxylic acids is 2. The van der Waals surface area contributed by atoms with Crippen molar-refractivity contribution in [2.24, 2.45) is 16.6 Å². The summed E-state index contributed by atoms with van der Waals surface area (Å²) in [4.78, 5) is 31.0. The Morgan fingerprint density at radius 3 is 2.44 bits per heavy atom. The molecule has 1 heterocycles. The lowest BCUT2D eigenvalue weighted by Gasteiger charge is -2.24. The normalized spacial score (nSPS) is 17.1. The zero-order valence-corrected chi connectivity index (χ0v) is 17.5. The molecule has 32 heavy (non-hydrogen) atoms. The third kappa shape index (κ3) is 4.91. The first kappa shape index (κ1) is 22.5. The van der Waals surface area contributed by atoms with Gasteiger partial charge >= 0.3 is 5.97 Å². The highest BCUT2D eigenvalue weighted by molar-refractivity contribution is 6.10. The van der Waals surface area contributed by atoms with E-state index in [2.05, 4.69) is 10.5 Å². The number of amidine groups is 2. The zero-order chi connectivity index (χ0) is 23.3. The third-order valence-electron chi connectivity index (χ3n) is 4.89. The molecule has 1 amide bonds. The maximum Gasteiger partial charge on any atom is 0.310 e. The van der Waals surface area contributed by atoms with E-state index in [-0.39, 0.29) is 31.1 Å². The van der Waals surface area contributed by atoms with Crippen molar-refractivity contribution in [2.45, 2.75) is 25.4 Å². The summed E-state index contributed by atoms with van der Waals surface area (Å²) in [5.74, 6) is -1.35. The summed E-state index contributed by atoms with van der Waals surface area (Å²) < 4.78 is 5.03. The first-order chi connectivity index (χ1) is 15.2. The fourth-order valence-electron chi connectivity index (χ4n) is 3.22. The molecule has 166 valence electrons. The van der Waals surface area contributed by atoms with Crippen LogP contribution in [0.3, 0.4) is 0 Å². The first-order valence-electron chi connectivity index (χ1n) is 9.85. The Hall–Kier alpha value is -4.21. The van der Waals surface area contributed by atoms with Gasteiger partial charge in [0.1, 0.15) is 11.7 Å². The van der Waals surface area contributed by atoms with Crippen molar-refractivity contribution in [3.05, 3.63) is 65.2 Å². The number of esters is 1. The first-order valence-corrected chi connectivity index (χ1v) is 9.85. The zero-order valence-electron chi connectivity index (χ0n) is 17.5. The van der Waals surface area contributed by atoms with Gasteiger partial charge in [0.25, 0.3) is 5.91 Å². The molecule has 0 saturated heterocycles. The van der Waals surface area contributed by atoms with Crippen LogP contribution in [0.5, 0.6) is 0 Å². The lowest BCUT2D eigenvalue weighted by molar-refractivity contribution is -0.156. The number of nitrogens with one attached hydrogen (secondary N) is 3. The summed E-state index contributed by atoms with van der Waals surface area (Å²) >= 11 is 0. The van der Waals surface area contributed by atoms with Gasteiger partial charge in [-0.3, -0.25) is 20.4 Å². The summed E-state index contributed by atoms with van der Waals surface area (Å²) in [5.41, 5.74) is 11.9. The molecule has 0 aromatic heterocycles. The number of anilines is 1. The predicted octanol–water partition coefficient (Wildman–Crippen LogP) is 1.71. The standard InChI is InChI=1S/C22H24N6O4/c1-2-31-18(29)12-22(21(30)27-16-8-6-13(7-9-16)19(23)24)11-17(28-32-22)14-4-3-5-15(10-14)20(25)26/h3-10H,2,11-12H2,1H3,(H3,23,24)(H3,25,26)(H,27,30). The number of oxime groups is 1. The van der Waals surface area contributed by atoms with Gasteiger partial charge in [-0.1, -0.05) is 23.4 Å². The molecule has 0 radical (unpaired) electrons. The van der Waals surface area contributed by atoms with Crippen molar-refractivity contribution in [1.29, 1.82) is 10.8 Å². The minimum absolute atomic E-state index is 0.0184. The summed E-state index contributed by atoms with van der Waals surface area (Å²) in [6.45, 7) is 1.84. The molecular formula is C22H24N6O4. The van der Waals surface area contributed by atoms with Crippen molar-refractivity contribution in [1.82, 2.24) is 0 Å². The van der Waals surface area contributed by atoms with Gasteiger partial charge in [0.05, 0.1) is 18.7 Å². The Morgan fingerprint density at radius 2 is 1.81 bits per heavy atom. The summed E-state index contributed by atoms with van der Waals surface area (Å²) in [6, 6.07) is 13.2. The molecule has 2 aromatic rings. The molecule has 7 N–H and O–H groups in total. The highest BCUT2D eigenvalue weighted by Gasteiger charge is 2.49. The molecule has 0 spiro atoms. The number of hydrogen-bond acceptors (Lipinski definition) is 7. The van der Waals surface area contributed by atoms with Crippen LogP contribution in [0.2, 0.25) is 0 Å². The smallest absolute Gasteiger partial charge is 0.310 e. The van der Waals surface area contributed by atoms with Crippen LogP contribution in [0.15, 0.2) is 53.7 Å². The van der Waals surface area contributed by atoms with Gasteiger partial charge in [0, 0.05) is 28.8 Å². The van der Waals surface area contributed by atoms with E-state index < -0.39 is 17.5 Å². The SMILES string of the molecule is CCOC(=O)CC1(C(=O)Nc2ccc(C(=N)N)cc2)CC(c2cccc(C(=N)N)c2)=NO1. The number of rotatable bonds is 8. The molecule has 1 atom stereocenters. The Morgan fingerprint density at radius 1 is 1.12 bits per heavy atom. The average Bonchev–Trinajstić information content (AvgIpc) is 3.19. The van der Waals surface area contributed by atoms with Crippen molar-refractivity contribution >= 4 is 34.9 Å².